The van der Waals surface area contributed by atoms with Crippen LogP contribution in [-0.2, 0) is 25.6 Å². The zero-order valence-corrected chi connectivity index (χ0v) is 26.7. The summed E-state index contributed by atoms with van der Waals surface area (Å²) in [5, 5.41) is 22.1. The van der Waals surface area contributed by atoms with Gasteiger partial charge in [0.25, 0.3) is 0 Å². The first-order valence-electron chi connectivity index (χ1n) is 16.2. The highest BCUT2D eigenvalue weighted by Crippen LogP contribution is 2.68. The summed E-state index contributed by atoms with van der Waals surface area (Å²) in [5.41, 5.74) is -0.954. The lowest BCUT2D eigenvalue weighted by atomic mass is 9.43. The van der Waals surface area contributed by atoms with E-state index in [2.05, 4.69) is 46.4 Å². The Labute approximate surface area is 255 Å². The average molecular weight is 602 g/mol. The molecule has 1 heterocycles. The molecule has 0 aromatic heterocycles. The van der Waals surface area contributed by atoms with Crippen LogP contribution in [0, 0.1) is 39.8 Å². The van der Waals surface area contributed by atoms with Gasteiger partial charge >= 0.3 is 13.1 Å². The summed E-state index contributed by atoms with van der Waals surface area (Å²) in [4.78, 5) is 29.5. The highest BCUT2D eigenvalue weighted by atomic mass is 19.1. The number of aliphatic hydroxyl groups excluding tert-OH is 1. The molecule has 3 saturated carbocycles. The standard InChI is InChI=1S/C33H49BFNO7/c1-7-36(8-2)16-15-31(5)17-25(43-26(38)19-41-24-10-9-22-18-42-34(40)27(22)28(24)35)32(6)20(3)11-13-33(21(4)30(31)39)14-12-23(37)29(32)33/h9-10,20-21,25,29-30,39-40H,7-8,11-19H2,1-6H3/t20-,21-,25+,29-,30-,31+,32-,33-/m0/s1. The van der Waals surface area contributed by atoms with Crippen LogP contribution >= 0.6 is 0 Å². The first-order chi connectivity index (χ1) is 20.3. The minimum atomic E-state index is -1.37. The number of rotatable bonds is 9. The van der Waals surface area contributed by atoms with Crippen LogP contribution in [0.3, 0.4) is 0 Å². The second kappa shape index (κ2) is 12.1. The monoisotopic (exact) mass is 601 g/mol. The van der Waals surface area contributed by atoms with Crippen LogP contribution in [0.2, 0.25) is 0 Å². The van der Waals surface area contributed by atoms with E-state index in [1.807, 2.05) is 0 Å². The highest BCUT2D eigenvalue weighted by molar-refractivity contribution is 6.61. The Morgan fingerprint density at radius 3 is 2.63 bits per heavy atom. The minimum absolute atomic E-state index is 0.0255. The number of fused-ring (bicyclic) bond motifs is 1. The normalized spacial score (nSPS) is 37.1. The Morgan fingerprint density at radius 1 is 1.21 bits per heavy atom. The molecule has 1 aromatic carbocycles. The number of nitrogens with zero attached hydrogens (tertiary/aromatic N) is 1. The Kier molecular flexibility index (Phi) is 9.09. The Hall–Kier alpha value is -2.01. The molecule has 4 aliphatic rings. The number of carbonyl (C=O) groups excluding carboxylic acids is 2. The molecule has 10 heteroatoms. The number of carbonyl (C=O) groups is 2. The van der Waals surface area contributed by atoms with E-state index in [4.69, 9.17) is 14.1 Å². The third-order valence-electron chi connectivity index (χ3n) is 12.3. The molecule has 8 nitrogen and oxygen atoms in total. The number of ether oxygens (including phenoxy) is 2. The lowest BCUT2D eigenvalue weighted by Gasteiger charge is -2.62. The van der Waals surface area contributed by atoms with Crippen LogP contribution in [-0.4, -0.2) is 72.4 Å². The fourth-order valence-corrected chi connectivity index (χ4v) is 9.26. The molecule has 0 unspecified atom stereocenters. The van der Waals surface area contributed by atoms with Crippen LogP contribution in [0.25, 0.3) is 0 Å². The summed E-state index contributed by atoms with van der Waals surface area (Å²) in [7, 11) is -1.37. The maximum absolute atomic E-state index is 15.1. The summed E-state index contributed by atoms with van der Waals surface area (Å²) in [6.07, 6.45) is 2.86. The third kappa shape index (κ3) is 5.34. The first-order valence-corrected chi connectivity index (χ1v) is 16.2. The van der Waals surface area contributed by atoms with Crippen molar-refractivity contribution in [2.24, 2.45) is 34.0 Å². The van der Waals surface area contributed by atoms with Crippen molar-refractivity contribution in [3.8, 4) is 5.75 Å². The number of hydrogen-bond donors (Lipinski definition) is 2. The van der Waals surface area contributed by atoms with Crippen LogP contribution in [0.15, 0.2) is 12.1 Å². The fourth-order valence-electron chi connectivity index (χ4n) is 9.26. The van der Waals surface area contributed by atoms with Crippen molar-refractivity contribution in [3.63, 3.8) is 0 Å². The van der Waals surface area contributed by atoms with Gasteiger partial charge in [-0.3, -0.25) is 4.79 Å². The molecule has 2 N–H and O–H groups in total. The molecule has 0 radical (unpaired) electrons. The van der Waals surface area contributed by atoms with E-state index in [1.165, 1.54) is 6.07 Å². The van der Waals surface area contributed by atoms with E-state index in [9.17, 15) is 19.7 Å². The molecule has 0 amide bonds. The fraction of sp³-hybridized carbons (Fsp3) is 0.758. The number of hydrogen-bond acceptors (Lipinski definition) is 8. The Balaban J connectivity index is 1.45. The number of halogens is 1. The van der Waals surface area contributed by atoms with Gasteiger partial charge < -0.3 is 29.2 Å². The third-order valence-corrected chi connectivity index (χ3v) is 12.3. The molecule has 1 aromatic rings. The summed E-state index contributed by atoms with van der Waals surface area (Å²) < 4.78 is 32.1. The molecule has 5 rings (SSSR count). The summed E-state index contributed by atoms with van der Waals surface area (Å²) in [6, 6.07) is 3.04. The zero-order chi connectivity index (χ0) is 31.3. The topological polar surface area (TPSA) is 106 Å². The molecule has 8 atom stereocenters. The van der Waals surface area contributed by atoms with Gasteiger partial charge in [-0.1, -0.05) is 47.6 Å². The Bertz CT molecular complexity index is 1230. The molecule has 1 aliphatic heterocycles. The van der Waals surface area contributed by atoms with Gasteiger partial charge in [0.2, 0.25) is 0 Å². The maximum Gasteiger partial charge on any atom is 0.494 e. The van der Waals surface area contributed by atoms with Crippen molar-refractivity contribution >= 4 is 24.3 Å². The van der Waals surface area contributed by atoms with E-state index in [1.54, 1.807) is 6.07 Å². The van der Waals surface area contributed by atoms with Crippen molar-refractivity contribution in [1.82, 2.24) is 4.90 Å². The van der Waals surface area contributed by atoms with Crippen molar-refractivity contribution in [2.75, 3.05) is 26.2 Å². The molecule has 238 valence electrons. The lowest BCUT2D eigenvalue weighted by Crippen LogP contribution is -2.63. The van der Waals surface area contributed by atoms with Gasteiger partial charge in [-0.15, -0.1) is 0 Å². The predicted molar refractivity (Wildman–Crippen MR) is 161 cm³/mol. The molecule has 3 fully saturated rings. The first kappa shape index (κ1) is 32.4. The van der Waals surface area contributed by atoms with Gasteiger partial charge in [-0.2, -0.15) is 0 Å². The summed E-state index contributed by atoms with van der Waals surface area (Å²) in [5.74, 6) is -1.61. The molecular formula is C33H49BFNO7. The number of benzene rings is 1. The largest absolute Gasteiger partial charge is 0.494 e. The summed E-state index contributed by atoms with van der Waals surface area (Å²) >= 11 is 0. The van der Waals surface area contributed by atoms with Gasteiger partial charge in [0.05, 0.1) is 12.7 Å². The van der Waals surface area contributed by atoms with Crippen LogP contribution in [0.1, 0.15) is 85.6 Å². The van der Waals surface area contributed by atoms with Gasteiger partial charge in [-0.05, 0) is 86.0 Å². The maximum atomic E-state index is 15.1. The average Bonchev–Trinajstić information content (AvgIpc) is 3.54. The van der Waals surface area contributed by atoms with Crippen LogP contribution < -0.4 is 10.2 Å². The van der Waals surface area contributed by atoms with Gasteiger partial charge in [0.15, 0.2) is 18.2 Å². The van der Waals surface area contributed by atoms with Crippen molar-refractivity contribution in [2.45, 2.75) is 98.9 Å². The van der Waals surface area contributed by atoms with E-state index in [-0.39, 0.29) is 46.8 Å². The SMILES string of the molecule is CCN(CC)CC[C@]1(C)C[C@@H](OC(=O)COc2ccc3c(c2F)B(O)OC3)[C@@]2(C)[C@@H]3C(=O)CC[C@@]3(CC[C@@H]2C)[C@@H](C)[C@@H]1O. The molecule has 2 bridgehead atoms. The molecule has 0 spiro atoms. The van der Waals surface area contributed by atoms with Crippen molar-refractivity contribution < 1.29 is 38.2 Å². The second-order valence-corrected chi connectivity index (χ2v) is 14.2. The molecule has 43 heavy (non-hydrogen) atoms. The van der Waals surface area contributed by atoms with E-state index in [0.717, 1.165) is 45.3 Å². The lowest BCUT2D eigenvalue weighted by molar-refractivity contribution is -0.213. The van der Waals surface area contributed by atoms with E-state index < -0.39 is 48.5 Å². The van der Waals surface area contributed by atoms with Gasteiger partial charge in [0.1, 0.15) is 11.9 Å². The highest BCUT2D eigenvalue weighted by Gasteiger charge is 2.68. The minimum Gasteiger partial charge on any atom is -0.479 e. The molecule has 3 aliphatic carbocycles. The Morgan fingerprint density at radius 2 is 1.93 bits per heavy atom. The molecular weight excluding hydrogens is 552 g/mol. The van der Waals surface area contributed by atoms with Gasteiger partial charge in [-0.25, -0.2) is 9.18 Å². The smallest absolute Gasteiger partial charge is 0.479 e. The van der Waals surface area contributed by atoms with Crippen molar-refractivity contribution in [3.05, 3.63) is 23.5 Å². The summed E-state index contributed by atoms with van der Waals surface area (Å²) in [6.45, 7) is 15.0. The predicted octanol–water partition coefficient (Wildman–Crippen LogP) is 3.87. The van der Waals surface area contributed by atoms with Crippen LogP contribution in [0.5, 0.6) is 5.75 Å². The second-order valence-electron chi connectivity index (χ2n) is 14.2. The quantitative estimate of drug-likeness (QED) is 0.325. The zero-order valence-electron chi connectivity index (χ0n) is 26.7. The number of aliphatic hydroxyl groups is 1. The van der Waals surface area contributed by atoms with Gasteiger partial charge in [0, 0.05) is 23.2 Å². The molecule has 0 saturated heterocycles. The number of Topliss-reactive ketones (excluding diaryl/α,β-unsaturated/α-hetero) is 1. The van der Waals surface area contributed by atoms with Crippen LogP contribution in [0.4, 0.5) is 4.39 Å². The number of esters is 1. The van der Waals surface area contributed by atoms with E-state index in [0.29, 0.717) is 18.4 Å². The van der Waals surface area contributed by atoms with E-state index >= 15 is 4.39 Å². The number of ketones is 1. The van der Waals surface area contributed by atoms with Crippen molar-refractivity contribution in [1.29, 1.82) is 0 Å².